The highest BCUT2D eigenvalue weighted by Gasteiger charge is 2.19. The summed E-state index contributed by atoms with van der Waals surface area (Å²) in [5.74, 6) is 1.35. The molecule has 0 saturated carbocycles. The molecule has 142 valence electrons. The smallest absolute Gasteiger partial charge is 0.264 e. The molecule has 0 saturated heterocycles. The molecule has 0 aliphatic heterocycles. The van der Waals surface area contributed by atoms with Crippen LogP contribution >= 0.6 is 22.7 Å². The lowest BCUT2D eigenvalue weighted by atomic mass is 10.2. The van der Waals surface area contributed by atoms with Gasteiger partial charge in [0.05, 0.1) is 17.1 Å². The molecule has 0 unspecified atom stereocenters. The Kier molecular flexibility index (Phi) is 6.63. The summed E-state index contributed by atoms with van der Waals surface area (Å²) >= 11 is 3.05. The van der Waals surface area contributed by atoms with Gasteiger partial charge in [-0.15, -0.1) is 22.7 Å². The molecular formula is C21H24N2O2S2. The van der Waals surface area contributed by atoms with Crippen molar-refractivity contribution in [2.75, 3.05) is 6.54 Å². The Balaban J connectivity index is 1.65. The van der Waals surface area contributed by atoms with Gasteiger partial charge in [-0.3, -0.25) is 4.79 Å². The molecule has 2 aromatic heterocycles. The number of aryl methyl sites for hydroxylation is 1. The first-order chi connectivity index (χ1) is 13.0. The summed E-state index contributed by atoms with van der Waals surface area (Å²) in [7, 11) is 0. The van der Waals surface area contributed by atoms with E-state index in [1.54, 1.807) is 11.3 Å². The minimum absolute atomic E-state index is 0.0735. The first-order valence-electron chi connectivity index (χ1n) is 8.97. The highest BCUT2D eigenvalue weighted by atomic mass is 32.1. The van der Waals surface area contributed by atoms with E-state index in [-0.39, 0.29) is 5.91 Å². The SMILES string of the molecule is Cc1ccccc1OCc1nc(CN(CC(C)C)C(=O)c2cccs2)cs1. The number of ether oxygens (including phenoxy) is 1. The monoisotopic (exact) mass is 400 g/mol. The van der Waals surface area contributed by atoms with Gasteiger partial charge in [0.2, 0.25) is 0 Å². The average Bonchev–Trinajstić information content (AvgIpc) is 3.31. The average molecular weight is 401 g/mol. The van der Waals surface area contributed by atoms with Crippen LogP contribution < -0.4 is 4.74 Å². The molecule has 0 aliphatic rings. The van der Waals surface area contributed by atoms with Gasteiger partial charge in [-0.05, 0) is 35.9 Å². The van der Waals surface area contributed by atoms with Gasteiger partial charge in [-0.25, -0.2) is 4.98 Å². The highest BCUT2D eigenvalue weighted by molar-refractivity contribution is 7.12. The zero-order valence-corrected chi connectivity index (χ0v) is 17.5. The van der Waals surface area contributed by atoms with Crippen LogP contribution in [-0.4, -0.2) is 22.3 Å². The Morgan fingerprint density at radius 2 is 2.00 bits per heavy atom. The van der Waals surface area contributed by atoms with E-state index in [2.05, 4.69) is 18.8 Å². The van der Waals surface area contributed by atoms with Crippen molar-refractivity contribution in [3.63, 3.8) is 0 Å². The predicted octanol–water partition coefficient (Wildman–Crippen LogP) is 5.39. The molecule has 2 heterocycles. The van der Waals surface area contributed by atoms with Crippen LogP contribution in [0, 0.1) is 12.8 Å². The van der Waals surface area contributed by atoms with E-state index >= 15 is 0 Å². The second kappa shape index (κ2) is 9.15. The molecule has 3 rings (SSSR count). The molecule has 3 aromatic rings. The number of rotatable bonds is 8. The van der Waals surface area contributed by atoms with Crippen LogP contribution in [0.5, 0.6) is 5.75 Å². The van der Waals surface area contributed by atoms with Gasteiger partial charge in [0.25, 0.3) is 5.91 Å². The third-order valence-corrected chi connectivity index (χ3v) is 5.73. The zero-order valence-electron chi connectivity index (χ0n) is 15.8. The lowest BCUT2D eigenvalue weighted by molar-refractivity contribution is 0.0725. The lowest BCUT2D eigenvalue weighted by Crippen LogP contribution is -2.33. The summed E-state index contributed by atoms with van der Waals surface area (Å²) in [6, 6.07) is 11.8. The number of para-hydroxylation sites is 1. The van der Waals surface area contributed by atoms with Gasteiger partial charge in [0.15, 0.2) is 0 Å². The zero-order chi connectivity index (χ0) is 19.2. The van der Waals surface area contributed by atoms with Crippen molar-refractivity contribution in [3.8, 4) is 5.75 Å². The number of thiazole rings is 1. The second-order valence-electron chi connectivity index (χ2n) is 6.84. The highest BCUT2D eigenvalue weighted by Crippen LogP contribution is 2.21. The Morgan fingerprint density at radius 1 is 1.19 bits per heavy atom. The third-order valence-electron chi connectivity index (χ3n) is 4.00. The summed E-state index contributed by atoms with van der Waals surface area (Å²) in [4.78, 5) is 20.1. The fourth-order valence-electron chi connectivity index (χ4n) is 2.76. The van der Waals surface area contributed by atoms with Gasteiger partial charge in [0.1, 0.15) is 17.4 Å². The summed E-state index contributed by atoms with van der Waals surface area (Å²) in [5.41, 5.74) is 2.02. The van der Waals surface area contributed by atoms with Gasteiger partial charge in [-0.1, -0.05) is 38.1 Å². The number of nitrogens with zero attached hydrogens (tertiary/aromatic N) is 2. The Labute approximate surface area is 168 Å². The normalized spacial score (nSPS) is 11.0. The van der Waals surface area contributed by atoms with E-state index in [4.69, 9.17) is 4.74 Å². The lowest BCUT2D eigenvalue weighted by Gasteiger charge is -2.23. The molecule has 0 bridgehead atoms. The fourth-order valence-corrected chi connectivity index (χ4v) is 4.14. The number of carbonyl (C=O) groups is 1. The van der Waals surface area contributed by atoms with E-state index in [0.717, 1.165) is 26.9 Å². The molecule has 0 N–H and O–H groups in total. The largest absolute Gasteiger partial charge is 0.486 e. The number of carbonyl (C=O) groups excluding carboxylic acids is 1. The van der Waals surface area contributed by atoms with Crippen LogP contribution in [0.3, 0.4) is 0 Å². The number of amides is 1. The Morgan fingerprint density at radius 3 is 2.70 bits per heavy atom. The first kappa shape index (κ1) is 19.6. The first-order valence-corrected chi connectivity index (χ1v) is 10.7. The Bertz CT molecular complexity index is 872. The van der Waals surface area contributed by atoms with Crippen LogP contribution in [-0.2, 0) is 13.2 Å². The second-order valence-corrected chi connectivity index (χ2v) is 8.73. The quantitative estimate of drug-likeness (QED) is 0.509. The molecule has 0 spiro atoms. The van der Waals surface area contributed by atoms with Crippen LogP contribution in [0.1, 0.15) is 39.8 Å². The molecule has 6 heteroatoms. The minimum Gasteiger partial charge on any atom is -0.486 e. The number of aromatic nitrogens is 1. The van der Waals surface area contributed by atoms with Crippen molar-refractivity contribution in [2.24, 2.45) is 5.92 Å². The molecule has 0 aliphatic carbocycles. The van der Waals surface area contributed by atoms with Gasteiger partial charge in [-0.2, -0.15) is 0 Å². The van der Waals surface area contributed by atoms with E-state index < -0.39 is 0 Å². The molecule has 4 nitrogen and oxygen atoms in total. The van der Waals surface area contributed by atoms with Crippen molar-refractivity contribution in [3.05, 3.63) is 68.3 Å². The molecule has 1 aromatic carbocycles. The standard InChI is InChI=1S/C21H24N2O2S2/c1-15(2)11-23(21(24)19-9-6-10-26-19)12-17-14-27-20(22-17)13-25-18-8-5-4-7-16(18)3/h4-10,14-15H,11-13H2,1-3H3. The summed E-state index contributed by atoms with van der Waals surface area (Å²) in [6.45, 7) is 7.95. The fraction of sp³-hybridized carbons (Fsp3) is 0.333. The number of thiophene rings is 1. The molecule has 0 radical (unpaired) electrons. The number of hydrogen-bond acceptors (Lipinski definition) is 5. The summed E-state index contributed by atoms with van der Waals surface area (Å²) in [6.07, 6.45) is 0. The van der Waals surface area contributed by atoms with E-state index in [1.807, 2.05) is 59.0 Å². The molecular weight excluding hydrogens is 376 g/mol. The van der Waals surface area contributed by atoms with Crippen LogP contribution in [0.25, 0.3) is 0 Å². The molecule has 0 fully saturated rings. The van der Waals surface area contributed by atoms with Crippen molar-refractivity contribution < 1.29 is 9.53 Å². The van der Waals surface area contributed by atoms with Crippen molar-refractivity contribution in [1.29, 1.82) is 0 Å². The van der Waals surface area contributed by atoms with E-state index in [1.165, 1.54) is 11.3 Å². The van der Waals surface area contributed by atoms with Crippen molar-refractivity contribution >= 4 is 28.6 Å². The van der Waals surface area contributed by atoms with E-state index in [0.29, 0.717) is 25.6 Å². The van der Waals surface area contributed by atoms with E-state index in [9.17, 15) is 4.79 Å². The van der Waals surface area contributed by atoms with Gasteiger partial charge in [0, 0.05) is 11.9 Å². The Hall–Kier alpha value is -2.18. The van der Waals surface area contributed by atoms with Crippen LogP contribution in [0.2, 0.25) is 0 Å². The maximum Gasteiger partial charge on any atom is 0.264 e. The minimum atomic E-state index is 0.0735. The van der Waals surface area contributed by atoms with Crippen LogP contribution in [0.15, 0.2) is 47.2 Å². The number of benzene rings is 1. The maximum atomic E-state index is 12.8. The third kappa shape index (κ3) is 5.40. The van der Waals surface area contributed by atoms with Crippen molar-refractivity contribution in [2.45, 2.75) is 33.9 Å². The maximum absolute atomic E-state index is 12.8. The number of hydrogen-bond donors (Lipinski definition) is 0. The molecule has 1 amide bonds. The summed E-state index contributed by atoms with van der Waals surface area (Å²) in [5, 5.41) is 4.87. The molecule has 0 atom stereocenters. The van der Waals surface area contributed by atoms with Gasteiger partial charge < -0.3 is 9.64 Å². The topological polar surface area (TPSA) is 42.4 Å². The predicted molar refractivity (Wildman–Crippen MR) is 112 cm³/mol. The summed E-state index contributed by atoms with van der Waals surface area (Å²) < 4.78 is 5.88. The van der Waals surface area contributed by atoms with Crippen molar-refractivity contribution in [1.82, 2.24) is 9.88 Å². The van der Waals surface area contributed by atoms with Crippen LogP contribution in [0.4, 0.5) is 0 Å². The molecule has 27 heavy (non-hydrogen) atoms. The van der Waals surface area contributed by atoms with Gasteiger partial charge >= 0.3 is 0 Å².